The van der Waals surface area contributed by atoms with Crippen LogP contribution in [0.2, 0.25) is 0 Å². The van der Waals surface area contributed by atoms with Gasteiger partial charge in [-0.05, 0) is 112 Å². The van der Waals surface area contributed by atoms with E-state index in [0.717, 1.165) is 31.6 Å². The van der Waals surface area contributed by atoms with Crippen LogP contribution in [0.3, 0.4) is 0 Å². The van der Waals surface area contributed by atoms with Gasteiger partial charge in [-0.3, -0.25) is 0 Å². The van der Waals surface area contributed by atoms with Crippen molar-refractivity contribution in [3.8, 4) is 0 Å². The number of rotatable bonds is 10. The summed E-state index contributed by atoms with van der Waals surface area (Å²) < 4.78 is 1.70. The fourth-order valence-electron chi connectivity index (χ4n) is 7.97. The van der Waals surface area contributed by atoms with Gasteiger partial charge in [-0.1, -0.05) is 50.0 Å². The molecule has 0 aromatic carbocycles. The molecule has 4 rings (SSSR count). The van der Waals surface area contributed by atoms with Crippen LogP contribution in [0.25, 0.3) is 0 Å². The minimum atomic E-state index is -0.563. The van der Waals surface area contributed by atoms with Crippen molar-refractivity contribution in [3.63, 3.8) is 0 Å². The third kappa shape index (κ3) is 7.10. The summed E-state index contributed by atoms with van der Waals surface area (Å²) in [6, 6.07) is 0. The van der Waals surface area contributed by atoms with Crippen molar-refractivity contribution in [1.82, 2.24) is 20.2 Å². The lowest BCUT2D eigenvalue weighted by atomic mass is 9.60. The number of tetrazole rings is 1. The SMILES string of the molecule is C[C@H](CCCC(C)(C)O)[C@H]1CC[C@H]2/C(=C/C=C3C[C@@H](O)C(CCCn4cnnn4)[C@H](O)C3)CCC[C@]12C. The number of aliphatic hydroxyl groups is 3. The number of allylic oxidation sites excluding steroid dienone is 3. The van der Waals surface area contributed by atoms with E-state index in [1.165, 1.54) is 44.1 Å². The summed E-state index contributed by atoms with van der Waals surface area (Å²) in [6.45, 7) is 9.51. The zero-order valence-electron chi connectivity index (χ0n) is 23.5. The molecule has 0 spiro atoms. The van der Waals surface area contributed by atoms with E-state index in [9.17, 15) is 15.3 Å². The lowest BCUT2D eigenvalue weighted by molar-refractivity contribution is -0.0108. The first-order valence-corrected chi connectivity index (χ1v) is 14.7. The Morgan fingerprint density at radius 2 is 1.92 bits per heavy atom. The maximum atomic E-state index is 10.8. The molecule has 0 aliphatic heterocycles. The quantitative estimate of drug-likeness (QED) is 0.395. The minimum absolute atomic E-state index is 0.0901. The molecule has 7 nitrogen and oxygen atoms in total. The van der Waals surface area contributed by atoms with E-state index in [1.54, 1.807) is 16.6 Å². The lowest BCUT2D eigenvalue weighted by Gasteiger charge is -2.44. The first kappa shape index (κ1) is 28.4. The Kier molecular flexibility index (Phi) is 9.29. The molecule has 0 unspecified atom stereocenters. The van der Waals surface area contributed by atoms with Gasteiger partial charge in [-0.2, -0.15) is 0 Å². The highest BCUT2D eigenvalue weighted by atomic mass is 16.3. The van der Waals surface area contributed by atoms with Gasteiger partial charge < -0.3 is 15.3 Å². The van der Waals surface area contributed by atoms with E-state index in [0.29, 0.717) is 36.6 Å². The Bertz CT molecular complexity index is 908. The predicted molar refractivity (Wildman–Crippen MR) is 145 cm³/mol. The van der Waals surface area contributed by atoms with Crippen LogP contribution >= 0.6 is 0 Å². The average molecular weight is 515 g/mol. The summed E-state index contributed by atoms with van der Waals surface area (Å²) in [5, 5.41) is 43.0. The molecule has 0 radical (unpaired) electrons. The monoisotopic (exact) mass is 514 g/mol. The summed E-state index contributed by atoms with van der Waals surface area (Å²) >= 11 is 0. The molecule has 3 N–H and O–H groups in total. The molecule has 208 valence electrons. The standard InChI is InChI=1S/C30H50N4O3/c1-21(8-5-15-29(2,3)37)25-13-14-26-23(9-6-16-30(25,26)4)12-11-22-18-27(35)24(28(36)19-22)10-7-17-34-20-31-32-33-34/h11-12,20-21,24-28,35-37H,5-10,13-19H2,1-4H3/b22-11?,23-12+/t21-,24?,25-,26+,27-,28-,30-/m1/s1. The van der Waals surface area contributed by atoms with Crippen LogP contribution in [-0.2, 0) is 6.54 Å². The number of aryl methyl sites for hydroxylation is 1. The highest BCUT2D eigenvalue weighted by Crippen LogP contribution is 2.60. The minimum Gasteiger partial charge on any atom is -0.392 e. The summed E-state index contributed by atoms with van der Waals surface area (Å²) in [5.74, 6) is 2.00. The van der Waals surface area contributed by atoms with Gasteiger partial charge in [0.05, 0.1) is 17.8 Å². The maximum Gasteiger partial charge on any atom is 0.138 e. The smallest absolute Gasteiger partial charge is 0.138 e. The number of hydrogen-bond donors (Lipinski definition) is 3. The third-order valence-corrected chi connectivity index (χ3v) is 9.95. The van der Waals surface area contributed by atoms with Gasteiger partial charge in [0.15, 0.2) is 0 Å². The summed E-state index contributed by atoms with van der Waals surface area (Å²) in [5.41, 5.74) is 2.56. The van der Waals surface area contributed by atoms with Crippen molar-refractivity contribution in [3.05, 3.63) is 29.6 Å². The Labute approximate surface area is 223 Å². The van der Waals surface area contributed by atoms with E-state index in [4.69, 9.17) is 0 Å². The second-order valence-corrected chi connectivity index (χ2v) is 13.3. The Morgan fingerprint density at radius 1 is 1.16 bits per heavy atom. The van der Waals surface area contributed by atoms with E-state index in [2.05, 4.69) is 41.5 Å². The van der Waals surface area contributed by atoms with Crippen LogP contribution in [0.5, 0.6) is 0 Å². The first-order chi connectivity index (χ1) is 17.6. The second kappa shape index (κ2) is 12.1. The van der Waals surface area contributed by atoms with E-state index >= 15 is 0 Å². The Balaban J connectivity index is 1.33. The number of nitrogens with zero attached hydrogens (tertiary/aromatic N) is 4. The van der Waals surface area contributed by atoms with E-state index in [-0.39, 0.29) is 5.92 Å². The van der Waals surface area contributed by atoms with Gasteiger partial charge >= 0.3 is 0 Å². The van der Waals surface area contributed by atoms with Gasteiger partial charge in [0.25, 0.3) is 0 Å². The van der Waals surface area contributed by atoms with Crippen LogP contribution in [0.15, 0.2) is 29.6 Å². The predicted octanol–water partition coefficient (Wildman–Crippen LogP) is 5.23. The third-order valence-electron chi connectivity index (χ3n) is 9.95. The van der Waals surface area contributed by atoms with Crippen LogP contribution in [0.1, 0.15) is 105 Å². The highest BCUT2D eigenvalue weighted by Gasteiger charge is 2.50. The second-order valence-electron chi connectivity index (χ2n) is 13.3. The molecule has 7 heteroatoms. The summed E-state index contributed by atoms with van der Waals surface area (Å²) in [6.07, 6.45) is 17.6. The molecule has 0 amide bonds. The topological polar surface area (TPSA) is 104 Å². The highest BCUT2D eigenvalue weighted by molar-refractivity contribution is 5.26. The number of aliphatic hydroxyl groups excluding tert-OH is 2. The molecule has 3 fully saturated rings. The van der Waals surface area contributed by atoms with E-state index < -0.39 is 17.8 Å². The molecule has 1 aromatic heterocycles. The number of hydrogen-bond acceptors (Lipinski definition) is 6. The largest absolute Gasteiger partial charge is 0.392 e. The molecule has 3 saturated carbocycles. The Morgan fingerprint density at radius 3 is 2.59 bits per heavy atom. The van der Waals surface area contributed by atoms with Crippen LogP contribution in [-0.4, -0.2) is 53.3 Å². The lowest BCUT2D eigenvalue weighted by Crippen LogP contribution is -2.37. The van der Waals surface area contributed by atoms with Crippen LogP contribution in [0, 0.1) is 29.1 Å². The van der Waals surface area contributed by atoms with Gasteiger partial charge in [-0.25, -0.2) is 4.68 Å². The van der Waals surface area contributed by atoms with Crippen molar-refractivity contribution in [1.29, 1.82) is 0 Å². The van der Waals surface area contributed by atoms with Gasteiger partial charge in [0.1, 0.15) is 6.33 Å². The van der Waals surface area contributed by atoms with Crippen molar-refractivity contribution in [2.75, 3.05) is 0 Å². The molecule has 1 heterocycles. The van der Waals surface area contributed by atoms with E-state index in [1.807, 2.05) is 13.8 Å². The zero-order chi connectivity index (χ0) is 26.6. The molecule has 6 atom stereocenters. The molecular weight excluding hydrogens is 464 g/mol. The molecule has 37 heavy (non-hydrogen) atoms. The van der Waals surface area contributed by atoms with Crippen LogP contribution in [0.4, 0.5) is 0 Å². The van der Waals surface area contributed by atoms with Crippen molar-refractivity contribution in [2.24, 2.45) is 29.1 Å². The fraction of sp³-hybridized carbons (Fsp3) is 0.833. The molecule has 0 saturated heterocycles. The molecule has 3 aliphatic rings. The average Bonchev–Trinajstić information content (AvgIpc) is 3.46. The first-order valence-electron chi connectivity index (χ1n) is 14.7. The Hall–Kier alpha value is -1.57. The summed E-state index contributed by atoms with van der Waals surface area (Å²) in [4.78, 5) is 0. The van der Waals surface area contributed by atoms with Crippen molar-refractivity contribution in [2.45, 2.75) is 129 Å². The molecule has 0 bridgehead atoms. The van der Waals surface area contributed by atoms with Crippen molar-refractivity contribution >= 4 is 0 Å². The zero-order valence-corrected chi connectivity index (χ0v) is 23.5. The summed E-state index contributed by atoms with van der Waals surface area (Å²) in [7, 11) is 0. The molecule has 1 aromatic rings. The number of fused-ring (bicyclic) bond motifs is 1. The van der Waals surface area contributed by atoms with Crippen molar-refractivity contribution < 1.29 is 15.3 Å². The van der Waals surface area contributed by atoms with Gasteiger partial charge in [-0.15, -0.1) is 5.10 Å². The maximum absolute atomic E-state index is 10.8. The fourth-order valence-corrected chi connectivity index (χ4v) is 7.97. The molecular formula is C30H50N4O3. The number of aromatic nitrogens is 4. The van der Waals surface area contributed by atoms with Crippen LogP contribution < -0.4 is 0 Å². The van der Waals surface area contributed by atoms with Gasteiger partial charge in [0, 0.05) is 12.5 Å². The molecule has 3 aliphatic carbocycles. The normalized spacial score (nSPS) is 34.5. The van der Waals surface area contributed by atoms with Gasteiger partial charge in [0.2, 0.25) is 0 Å².